The molecule has 1 fully saturated rings. The third kappa shape index (κ3) is 6.11. The summed E-state index contributed by atoms with van der Waals surface area (Å²) in [6, 6.07) is 6.36. The summed E-state index contributed by atoms with van der Waals surface area (Å²) in [6.07, 6.45) is -1.27. The van der Waals surface area contributed by atoms with E-state index in [1.807, 2.05) is 4.90 Å². The van der Waals surface area contributed by atoms with E-state index in [1.165, 1.54) is 19.4 Å². The Morgan fingerprint density at radius 1 is 1.03 bits per heavy atom. The number of nitrogens with one attached hydrogen (secondary N) is 1. The normalized spacial score (nSPS) is 13.9. The molecule has 0 saturated carbocycles. The lowest BCUT2D eigenvalue weighted by atomic mass is 10.1. The van der Waals surface area contributed by atoms with Crippen LogP contribution in [-0.2, 0) is 17.5 Å². The minimum Gasteiger partial charge on any atom is -0.453 e. The monoisotopic (exact) mass is 518 g/mol. The molecule has 4 rings (SSSR count). The molecular formula is C24H22F4N6O3. The Balaban J connectivity index is 1.35. The standard InChI is InChI=1S/C24H22F4N6O3/c1-37-23(36)34-8-6-33(7-9-34)17-2-3-19(30-14-17)22(35)32-13-15-10-18(25)21(31-12-15)16-4-5-29-20(11-16)24(26,27)28/h2-5,10-12,14H,6-9,13H2,1H3,(H,32,35). The summed E-state index contributed by atoms with van der Waals surface area (Å²) in [5, 5.41) is 2.62. The van der Waals surface area contributed by atoms with Gasteiger partial charge in [0, 0.05) is 50.7 Å². The fourth-order valence-corrected chi connectivity index (χ4v) is 3.78. The molecule has 3 aromatic heterocycles. The molecule has 1 aliphatic heterocycles. The quantitative estimate of drug-likeness (QED) is 0.516. The molecule has 37 heavy (non-hydrogen) atoms. The predicted octanol–water partition coefficient (Wildman–Crippen LogP) is 3.51. The Morgan fingerprint density at radius 2 is 1.78 bits per heavy atom. The average Bonchev–Trinajstić information content (AvgIpc) is 2.91. The molecule has 13 heteroatoms. The van der Waals surface area contributed by atoms with E-state index in [4.69, 9.17) is 4.74 Å². The van der Waals surface area contributed by atoms with E-state index in [0.717, 1.165) is 24.0 Å². The van der Waals surface area contributed by atoms with E-state index >= 15 is 0 Å². The van der Waals surface area contributed by atoms with Crippen molar-refractivity contribution >= 4 is 17.7 Å². The molecule has 0 unspecified atom stereocenters. The van der Waals surface area contributed by atoms with Gasteiger partial charge in [-0.15, -0.1) is 0 Å². The summed E-state index contributed by atoms with van der Waals surface area (Å²) in [4.78, 5) is 39.1. The van der Waals surface area contributed by atoms with Crippen molar-refractivity contribution < 1.29 is 31.9 Å². The first-order valence-electron chi connectivity index (χ1n) is 11.2. The number of carbonyl (C=O) groups is 2. The van der Waals surface area contributed by atoms with Crippen molar-refractivity contribution in [3.8, 4) is 11.3 Å². The van der Waals surface area contributed by atoms with Crippen LogP contribution in [0.5, 0.6) is 0 Å². The number of alkyl halides is 3. The maximum absolute atomic E-state index is 14.6. The van der Waals surface area contributed by atoms with Gasteiger partial charge in [0.05, 0.1) is 19.0 Å². The van der Waals surface area contributed by atoms with Gasteiger partial charge in [-0.05, 0) is 35.9 Å². The number of carbonyl (C=O) groups excluding carboxylic acids is 2. The lowest BCUT2D eigenvalue weighted by Gasteiger charge is -2.35. The number of rotatable bonds is 5. The van der Waals surface area contributed by atoms with E-state index in [2.05, 4.69) is 20.3 Å². The highest BCUT2D eigenvalue weighted by atomic mass is 19.4. The number of nitrogens with zero attached hydrogens (tertiary/aromatic N) is 5. The highest BCUT2D eigenvalue weighted by Crippen LogP contribution is 2.30. The number of anilines is 1. The molecule has 2 amide bonds. The summed E-state index contributed by atoms with van der Waals surface area (Å²) in [6.45, 7) is 2.12. The van der Waals surface area contributed by atoms with Crippen LogP contribution in [0.2, 0.25) is 0 Å². The molecule has 9 nitrogen and oxygen atoms in total. The van der Waals surface area contributed by atoms with Gasteiger partial charge in [0.1, 0.15) is 22.9 Å². The van der Waals surface area contributed by atoms with E-state index < -0.39 is 23.6 Å². The van der Waals surface area contributed by atoms with Gasteiger partial charge in [0.25, 0.3) is 5.91 Å². The predicted molar refractivity (Wildman–Crippen MR) is 124 cm³/mol. The Bertz CT molecular complexity index is 1280. The van der Waals surface area contributed by atoms with Crippen molar-refractivity contribution in [1.82, 2.24) is 25.2 Å². The van der Waals surface area contributed by atoms with Crippen molar-refractivity contribution in [2.75, 3.05) is 38.2 Å². The second kappa shape index (κ2) is 10.8. The van der Waals surface area contributed by atoms with Gasteiger partial charge in [0.2, 0.25) is 0 Å². The van der Waals surface area contributed by atoms with Crippen LogP contribution in [0, 0.1) is 5.82 Å². The highest BCUT2D eigenvalue weighted by molar-refractivity contribution is 5.92. The molecule has 1 saturated heterocycles. The van der Waals surface area contributed by atoms with Gasteiger partial charge in [-0.2, -0.15) is 13.2 Å². The molecule has 194 valence electrons. The van der Waals surface area contributed by atoms with Crippen LogP contribution in [0.3, 0.4) is 0 Å². The molecule has 0 aromatic carbocycles. The molecule has 1 N–H and O–H groups in total. The number of hydrogen-bond donors (Lipinski definition) is 1. The molecule has 0 bridgehead atoms. The van der Waals surface area contributed by atoms with E-state index in [0.29, 0.717) is 31.7 Å². The zero-order chi connectivity index (χ0) is 26.6. The Hall–Kier alpha value is -4.29. The fraction of sp³-hybridized carbons (Fsp3) is 0.292. The summed E-state index contributed by atoms with van der Waals surface area (Å²) in [5.74, 6) is -1.32. The van der Waals surface area contributed by atoms with Crippen molar-refractivity contribution in [3.05, 3.63) is 71.7 Å². The number of amides is 2. The second-order valence-electron chi connectivity index (χ2n) is 8.13. The Morgan fingerprint density at radius 3 is 2.41 bits per heavy atom. The number of piperazine rings is 1. The van der Waals surface area contributed by atoms with Gasteiger partial charge < -0.3 is 19.9 Å². The first-order valence-corrected chi connectivity index (χ1v) is 11.2. The van der Waals surface area contributed by atoms with Crippen LogP contribution < -0.4 is 10.2 Å². The summed E-state index contributed by atoms with van der Waals surface area (Å²) in [7, 11) is 1.34. The minimum absolute atomic E-state index is 0.0634. The lowest BCUT2D eigenvalue weighted by Crippen LogP contribution is -2.48. The van der Waals surface area contributed by atoms with Crippen molar-refractivity contribution in [1.29, 1.82) is 0 Å². The summed E-state index contributed by atoms with van der Waals surface area (Å²) in [5.41, 5.74) is -0.199. The largest absolute Gasteiger partial charge is 0.453 e. The van der Waals surface area contributed by atoms with Gasteiger partial charge in [0.15, 0.2) is 0 Å². The van der Waals surface area contributed by atoms with Crippen LogP contribution in [0.25, 0.3) is 11.3 Å². The second-order valence-corrected chi connectivity index (χ2v) is 8.13. The molecule has 0 aliphatic carbocycles. The topological polar surface area (TPSA) is 101 Å². The number of halogens is 4. The molecule has 0 atom stereocenters. The highest BCUT2D eigenvalue weighted by Gasteiger charge is 2.32. The van der Waals surface area contributed by atoms with Crippen molar-refractivity contribution in [2.45, 2.75) is 12.7 Å². The van der Waals surface area contributed by atoms with Crippen LogP contribution in [0.15, 0.2) is 48.9 Å². The summed E-state index contributed by atoms with van der Waals surface area (Å²) >= 11 is 0. The van der Waals surface area contributed by atoms with Crippen molar-refractivity contribution in [3.63, 3.8) is 0 Å². The molecule has 1 aliphatic rings. The maximum Gasteiger partial charge on any atom is 0.433 e. The van der Waals surface area contributed by atoms with E-state index in [9.17, 15) is 27.2 Å². The molecule has 0 radical (unpaired) electrons. The number of hydrogen-bond acceptors (Lipinski definition) is 7. The van der Waals surface area contributed by atoms with Crippen molar-refractivity contribution in [2.24, 2.45) is 0 Å². The van der Waals surface area contributed by atoms with E-state index in [1.54, 1.807) is 23.2 Å². The van der Waals surface area contributed by atoms with Crippen LogP contribution >= 0.6 is 0 Å². The van der Waals surface area contributed by atoms with Gasteiger partial charge >= 0.3 is 12.3 Å². The number of pyridine rings is 3. The zero-order valence-corrected chi connectivity index (χ0v) is 19.6. The molecular weight excluding hydrogens is 496 g/mol. The number of aromatic nitrogens is 3. The molecule has 3 aromatic rings. The van der Waals surface area contributed by atoms with Gasteiger partial charge in [-0.1, -0.05) is 0 Å². The third-order valence-electron chi connectivity index (χ3n) is 5.73. The smallest absolute Gasteiger partial charge is 0.433 e. The zero-order valence-electron chi connectivity index (χ0n) is 19.6. The number of methoxy groups -OCH3 is 1. The van der Waals surface area contributed by atoms with Gasteiger partial charge in [-0.25, -0.2) is 14.2 Å². The number of ether oxygens (including phenoxy) is 1. The summed E-state index contributed by atoms with van der Waals surface area (Å²) < 4.78 is 58.0. The SMILES string of the molecule is COC(=O)N1CCN(c2ccc(C(=O)NCc3cnc(-c4ccnc(C(F)(F)F)c4)c(F)c3)nc2)CC1. The minimum atomic E-state index is -4.66. The average molecular weight is 518 g/mol. The van der Waals surface area contributed by atoms with Crippen LogP contribution in [0.4, 0.5) is 28.0 Å². The lowest BCUT2D eigenvalue weighted by molar-refractivity contribution is -0.141. The first kappa shape index (κ1) is 25.8. The van der Waals surface area contributed by atoms with Crippen LogP contribution in [0.1, 0.15) is 21.7 Å². The third-order valence-corrected chi connectivity index (χ3v) is 5.73. The molecule has 0 spiro atoms. The van der Waals surface area contributed by atoms with E-state index in [-0.39, 0.29) is 29.6 Å². The van der Waals surface area contributed by atoms with Crippen LogP contribution in [-0.4, -0.2) is 65.1 Å². The van der Waals surface area contributed by atoms with Gasteiger partial charge in [-0.3, -0.25) is 14.8 Å². The first-order chi connectivity index (χ1) is 17.7. The maximum atomic E-state index is 14.6. The Kier molecular flexibility index (Phi) is 7.50. The molecule has 4 heterocycles. The fourth-order valence-electron chi connectivity index (χ4n) is 3.78. The Labute approximate surface area is 209 Å².